The quantitative estimate of drug-likeness (QED) is 0.819. The summed E-state index contributed by atoms with van der Waals surface area (Å²) in [4.78, 5) is 14.2. The van der Waals surface area contributed by atoms with Crippen molar-refractivity contribution in [3.05, 3.63) is 35.9 Å². The Bertz CT molecular complexity index is 572. The number of rotatable bonds is 5. The third kappa shape index (κ3) is 5.43. The van der Waals surface area contributed by atoms with Gasteiger partial charge in [0.15, 0.2) is 0 Å². The molecule has 2 N–H and O–H groups in total. The molecule has 0 aromatic heterocycles. The first kappa shape index (κ1) is 21.2. The lowest BCUT2D eigenvalue weighted by Gasteiger charge is -2.48. The highest BCUT2D eigenvalue weighted by atomic mass is 35.5. The van der Waals surface area contributed by atoms with Crippen LogP contribution in [0, 0.1) is 0 Å². The van der Waals surface area contributed by atoms with E-state index in [0.29, 0.717) is 32.4 Å². The first-order valence-electron chi connectivity index (χ1n) is 9.35. The van der Waals surface area contributed by atoms with E-state index >= 15 is 0 Å². The van der Waals surface area contributed by atoms with Crippen LogP contribution < -0.4 is 5.32 Å². The molecule has 0 bridgehead atoms. The summed E-state index contributed by atoms with van der Waals surface area (Å²) in [5.74, 6) is 0.0862. The Morgan fingerprint density at radius 3 is 2.62 bits per heavy atom. The van der Waals surface area contributed by atoms with Crippen LogP contribution in [-0.2, 0) is 16.0 Å². The smallest absolute Gasteiger partial charge is 0.222 e. The fraction of sp³-hybridized carbons (Fsp3) is 0.650. The Labute approximate surface area is 162 Å². The zero-order valence-electron chi connectivity index (χ0n) is 15.6. The van der Waals surface area contributed by atoms with Gasteiger partial charge in [-0.2, -0.15) is 0 Å². The molecule has 2 aliphatic rings. The number of aryl methyl sites for hydroxylation is 1. The Hall–Kier alpha value is -1.14. The van der Waals surface area contributed by atoms with Gasteiger partial charge < -0.3 is 20.1 Å². The maximum atomic E-state index is 12.5. The molecule has 1 spiro atoms. The zero-order chi connectivity index (χ0) is 17.8. The number of amides is 1. The molecule has 1 aromatic carbocycles. The van der Waals surface area contributed by atoms with E-state index in [-0.39, 0.29) is 23.9 Å². The first-order valence-corrected chi connectivity index (χ1v) is 9.35. The molecule has 0 saturated carbocycles. The van der Waals surface area contributed by atoms with Crippen LogP contribution in [0.25, 0.3) is 0 Å². The van der Waals surface area contributed by atoms with Gasteiger partial charge in [0.05, 0.1) is 17.8 Å². The summed E-state index contributed by atoms with van der Waals surface area (Å²) < 4.78 is 6.05. The van der Waals surface area contributed by atoms with E-state index in [0.717, 1.165) is 32.4 Å². The summed E-state index contributed by atoms with van der Waals surface area (Å²) in [6, 6.07) is 10.1. The zero-order valence-corrected chi connectivity index (χ0v) is 16.4. The monoisotopic (exact) mass is 382 g/mol. The molecule has 2 heterocycles. The standard InChI is InChI=1S/C20H30N2O3.ClH/c1-22(18(23)8-7-17-5-3-2-4-6-17)16-19(24)11-14-25-20(15-19)9-12-21-13-10-20;/h2-6,21,24H,7-16H2,1H3;1H. The van der Waals surface area contributed by atoms with E-state index < -0.39 is 5.60 Å². The van der Waals surface area contributed by atoms with Gasteiger partial charge in [-0.25, -0.2) is 0 Å². The molecule has 1 aromatic rings. The van der Waals surface area contributed by atoms with Crippen molar-refractivity contribution in [2.45, 2.75) is 49.7 Å². The van der Waals surface area contributed by atoms with Crippen molar-refractivity contribution in [3.63, 3.8) is 0 Å². The Kier molecular flexibility index (Phi) is 7.47. The molecule has 146 valence electrons. The molecule has 2 saturated heterocycles. The number of hydrogen-bond acceptors (Lipinski definition) is 4. The number of ether oxygens (including phenoxy) is 1. The number of halogens is 1. The number of piperidine rings is 1. The molecule has 1 atom stereocenters. The number of likely N-dealkylation sites (N-methyl/N-ethyl adjacent to an activating group) is 1. The van der Waals surface area contributed by atoms with Crippen molar-refractivity contribution < 1.29 is 14.6 Å². The maximum absolute atomic E-state index is 12.5. The van der Waals surface area contributed by atoms with Gasteiger partial charge in [0, 0.05) is 32.9 Å². The minimum atomic E-state index is -0.841. The molecular formula is C20H31ClN2O3. The van der Waals surface area contributed by atoms with E-state index in [9.17, 15) is 9.90 Å². The summed E-state index contributed by atoms with van der Waals surface area (Å²) in [6.07, 6.45) is 4.29. The topological polar surface area (TPSA) is 61.8 Å². The van der Waals surface area contributed by atoms with E-state index in [4.69, 9.17) is 4.74 Å². The highest BCUT2D eigenvalue weighted by Gasteiger charge is 2.46. The van der Waals surface area contributed by atoms with Crippen molar-refractivity contribution in [3.8, 4) is 0 Å². The highest BCUT2D eigenvalue weighted by molar-refractivity contribution is 5.85. The van der Waals surface area contributed by atoms with Gasteiger partial charge in [0.1, 0.15) is 0 Å². The average molecular weight is 383 g/mol. The molecule has 1 unspecified atom stereocenters. The number of carbonyl (C=O) groups excluding carboxylic acids is 1. The number of nitrogens with zero attached hydrogens (tertiary/aromatic N) is 1. The molecule has 6 heteroatoms. The number of benzene rings is 1. The van der Waals surface area contributed by atoms with Crippen molar-refractivity contribution in [2.75, 3.05) is 33.3 Å². The second-order valence-electron chi connectivity index (χ2n) is 7.67. The van der Waals surface area contributed by atoms with Gasteiger partial charge in [0.25, 0.3) is 0 Å². The van der Waals surface area contributed by atoms with Gasteiger partial charge in [-0.1, -0.05) is 30.3 Å². The lowest BCUT2D eigenvalue weighted by atomic mass is 9.77. The second kappa shape index (κ2) is 9.18. The Morgan fingerprint density at radius 2 is 1.92 bits per heavy atom. The number of aliphatic hydroxyl groups is 1. The molecule has 0 radical (unpaired) electrons. The highest BCUT2D eigenvalue weighted by Crippen LogP contribution is 2.38. The predicted octanol–water partition coefficient (Wildman–Crippen LogP) is 2.16. The molecule has 2 aliphatic heterocycles. The van der Waals surface area contributed by atoms with Gasteiger partial charge in [-0.3, -0.25) is 4.79 Å². The molecule has 5 nitrogen and oxygen atoms in total. The van der Waals surface area contributed by atoms with E-state index in [2.05, 4.69) is 5.32 Å². The normalized spacial score (nSPS) is 24.7. The molecule has 26 heavy (non-hydrogen) atoms. The van der Waals surface area contributed by atoms with E-state index in [1.807, 2.05) is 30.3 Å². The van der Waals surface area contributed by atoms with Gasteiger partial charge in [-0.05, 0) is 37.9 Å². The van der Waals surface area contributed by atoms with Crippen molar-refractivity contribution in [1.29, 1.82) is 0 Å². The Morgan fingerprint density at radius 1 is 1.23 bits per heavy atom. The first-order chi connectivity index (χ1) is 12.0. The fourth-order valence-electron chi connectivity index (χ4n) is 4.15. The van der Waals surface area contributed by atoms with Gasteiger partial charge in [-0.15, -0.1) is 12.4 Å². The van der Waals surface area contributed by atoms with Crippen molar-refractivity contribution in [2.24, 2.45) is 0 Å². The van der Waals surface area contributed by atoms with Crippen LogP contribution in [0.5, 0.6) is 0 Å². The van der Waals surface area contributed by atoms with Gasteiger partial charge in [0.2, 0.25) is 5.91 Å². The van der Waals surface area contributed by atoms with Crippen LogP contribution in [0.15, 0.2) is 30.3 Å². The third-order valence-electron chi connectivity index (χ3n) is 5.57. The lowest BCUT2D eigenvalue weighted by molar-refractivity contribution is -0.177. The molecular weight excluding hydrogens is 352 g/mol. The second-order valence-corrected chi connectivity index (χ2v) is 7.67. The number of nitrogens with one attached hydrogen (secondary N) is 1. The summed E-state index contributed by atoms with van der Waals surface area (Å²) in [5.41, 5.74) is 0.113. The van der Waals surface area contributed by atoms with Crippen LogP contribution >= 0.6 is 12.4 Å². The SMILES string of the molecule is CN(CC1(O)CCOC2(CCNCC2)C1)C(=O)CCc1ccccc1.Cl. The van der Waals surface area contributed by atoms with Gasteiger partial charge >= 0.3 is 0 Å². The van der Waals surface area contributed by atoms with Crippen LogP contribution in [0.4, 0.5) is 0 Å². The summed E-state index contributed by atoms with van der Waals surface area (Å²) in [6.45, 7) is 2.82. The van der Waals surface area contributed by atoms with Crippen LogP contribution in [0.3, 0.4) is 0 Å². The molecule has 1 amide bonds. The molecule has 0 aliphatic carbocycles. The predicted molar refractivity (Wildman–Crippen MR) is 105 cm³/mol. The van der Waals surface area contributed by atoms with E-state index in [1.54, 1.807) is 11.9 Å². The molecule has 2 fully saturated rings. The average Bonchev–Trinajstić information content (AvgIpc) is 2.60. The number of hydrogen-bond donors (Lipinski definition) is 2. The van der Waals surface area contributed by atoms with E-state index in [1.165, 1.54) is 5.56 Å². The number of carbonyl (C=O) groups is 1. The van der Waals surface area contributed by atoms with Crippen LogP contribution in [0.2, 0.25) is 0 Å². The fourth-order valence-corrected chi connectivity index (χ4v) is 4.15. The summed E-state index contributed by atoms with van der Waals surface area (Å²) in [5, 5.41) is 14.4. The minimum absolute atomic E-state index is 0. The van der Waals surface area contributed by atoms with Crippen molar-refractivity contribution >= 4 is 18.3 Å². The van der Waals surface area contributed by atoms with Crippen LogP contribution in [-0.4, -0.2) is 60.4 Å². The third-order valence-corrected chi connectivity index (χ3v) is 5.57. The minimum Gasteiger partial charge on any atom is -0.388 e. The van der Waals surface area contributed by atoms with Crippen LogP contribution in [0.1, 0.15) is 37.7 Å². The summed E-state index contributed by atoms with van der Waals surface area (Å²) in [7, 11) is 1.80. The summed E-state index contributed by atoms with van der Waals surface area (Å²) >= 11 is 0. The lowest BCUT2D eigenvalue weighted by Crippen LogP contribution is -2.57. The molecule has 3 rings (SSSR count). The maximum Gasteiger partial charge on any atom is 0.222 e. The van der Waals surface area contributed by atoms with Crippen molar-refractivity contribution in [1.82, 2.24) is 10.2 Å². The largest absolute Gasteiger partial charge is 0.388 e. The Balaban J connectivity index is 0.00000243.